The Morgan fingerprint density at radius 1 is 1.25 bits per heavy atom. The highest BCUT2D eigenvalue weighted by molar-refractivity contribution is 5.78. The van der Waals surface area contributed by atoms with Crippen LogP contribution in [0.25, 0.3) is 0 Å². The summed E-state index contributed by atoms with van der Waals surface area (Å²) < 4.78 is 5.66. The number of nitrogens with zero attached hydrogens (tertiary/aromatic N) is 2. The molecule has 1 aliphatic heterocycles. The first kappa shape index (κ1) is 15.0. The molecule has 0 aromatic heterocycles. The minimum atomic E-state index is 0.127. The molecule has 0 spiro atoms. The molecule has 1 saturated heterocycles. The fourth-order valence-corrected chi connectivity index (χ4v) is 2.66. The molecule has 1 aliphatic rings. The number of hydrogen-bond donors (Lipinski definition) is 0. The molecule has 2 atom stereocenters. The minimum Gasteiger partial charge on any atom is -0.372 e. The van der Waals surface area contributed by atoms with Crippen LogP contribution in [-0.2, 0) is 16.1 Å². The van der Waals surface area contributed by atoms with E-state index in [9.17, 15) is 4.79 Å². The van der Waals surface area contributed by atoms with Gasteiger partial charge in [0.05, 0.1) is 18.8 Å². The number of benzene rings is 1. The van der Waals surface area contributed by atoms with E-state index in [1.165, 1.54) is 5.56 Å². The molecule has 2 unspecified atom stereocenters. The Hall–Kier alpha value is -1.39. The smallest absolute Gasteiger partial charge is 0.236 e. The second kappa shape index (κ2) is 6.86. The van der Waals surface area contributed by atoms with Crippen LogP contribution in [0.3, 0.4) is 0 Å². The molecular formula is C16H24N2O2. The fourth-order valence-electron chi connectivity index (χ4n) is 2.66. The summed E-state index contributed by atoms with van der Waals surface area (Å²) >= 11 is 0. The topological polar surface area (TPSA) is 32.8 Å². The van der Waals surface area contributed by atoms with Gasteiger partial charge in [0, 0.05) is 19.6 Å². The molecule has 4 nitrogen and oxygen atoms in total. The third-order valence-corrected chi connectivity index (χ3v) is 3.47. The zero-order valence-electron chi connectivity index (χ0n) is 12.6. The Morgan fingerprint density at radius 2 is 1.85 bits per heavy atom. The maximum atomic E-state index is 12.3. The van der Waals surface area contributed by atoms with E-state index in [-0.39, 0.29) is 18.1 Å². The van der Waals surface area contributed by atoms with Crippen molar-refractivity contribution in [3.05, 3.63) is 35.9 Å². The molecule has 1 amide bonds. The first-order chi connectivity index (χ1) is 9.54. The molecule has 1 fully saturated rings. The van der Waals surface area contributed by atoms with E-state index in [1.807, 2.05) is 44.0 Å². The highest BCUT2D eigenvalue weighted by atomic mass is 16.5. The Morgan fingerprint density at radius 3 is 2.45 bits per heavy atom. The lowest BCUT2D eigenvalue weighted by Gasteiger charge is -2.36. The van der Waals surface area contributed by atoms with E-state index < -0.39 is 0 Å². The molecular weight excluding hydrogens is 252 g/mol. The fraction of sp³-hybridized carbons (Fsp3) is 0.562. The van der Waals surface area contributed by atoms with Gasteiger partial charge in [-0.3, -0.25) is 9.69 Å². The normalized spacial score (nSPS) is 23.1. The van der Waals surface area contributed by atoms with Crippen LogP contribution in [0.4, 0.5) is 0 Å². The van der Waals surface area contributed by atoms with Crippen molar-refractivity contribution >= 4 is 5.91 Å². The number of amides is 1. The van der Waals surface area contributed by atoms with Crippen molar-refractivity contribution in [2.45, 2.75) is 32.6 Å². The lowest BCUT2D eigenvalue weighted by atomic mass is 10.2. The Balaban J connectivity index is 1.84. The van der Waals surface area contributed by atoms with Crippen LogP contribution < -0.4 is 0 Å². The molecule has 0 aliphatic carbocycles. The molecule has 0 N–H and O–H groups in total. The van der Waals surface area contributed by atoms with Gasteiger partial charge in [0.1, 0.15) is 0 Å². The highest BCUT2D eigenvalue weighted by Crippen LogP contribution is 2.11. The van der Waals surface area contributed by atoms with Crippen LogP contribution in [-0.4, -0.2) is 54.6 Å². The summed E-state index contributed by atoms with van der Waals surface area (Å²) in [5.74, 6) is 0.186. The highest BCUT2D eigenvalue weighted by Gasteiger charge is 2.26. The maximum Gasteiger partial charge on any atom is 0.236 e. The molecule has 110 valence electrons. The molecule has 0 radical (unpaired) electrons. The van der Waals surface area contributed by atoms with E-state index >= 15 is 0 Å². The largest absolute Gasteiger partial charge is 0.372 e. The molecule has 4 heteroatoms. The molecule has 20 heavy (non-hydrogen) atoms. The van der Waals surface area contributed by atoms with Crippen molar-refractivity contribution in [2.24, 2.45) is 0 Å². The van der Waals surface area contributed by atoms with Gasteiger partial charge in [-0.25, -0.2) is 0 Å². The summed E-state index contributed by atoms with van der Waals surface area (Å²) in [6.45, 7) is 6.67. The van der Waals surface area contributed by atoms with Crippen molar-refractivity contribution in [3.63, 3.8) is 0 Å². The number of carbonyl (C=O) groups excluding carboxylic acids is 1. The van der Waals surface area contributed by atoms with Crippen LogP contribution in [0.1, 0.15) is 19.4 Å². The lowest BCUT2D eigenvalue weighted by molar-refractivity contribution is -0.144. The number of hydrogen-bond acceptors (Lipinski definition) is 3. The summed E-state index contributed by atoms with van der Waals surface area (Å²) in [6.07, 6.45) is 0.254. The second-order valence-corrected chi connectivity index (χ2v) is 5.71. The van der Waals surface area contributed by atoms with Crippen LogP contribution in [0, 0.1) is 0 Å². The minimum absolute atomic E-state index is 0.127. The van der Waals surface area contributed by atoms with Crippen molar-refractivity contribution in [2.75, 3.05) is 26.7 Å². The van der Waals surface area contributed by atoms with E-state index in [2.05, 4.69) is 17.0 Å². The maximum absolute atomic E-state index is 12.3. The first-order valence-corrected chi connectivity index (χ1v) is 7.20. The number of likely N-dealkylation sites (N-methyl/N-ethyl adjacent to an activating group) is 1. The summed E-state index contributed by atoms with van der Waals surface area (Å²) in [6, 6.07) is 10.2. The Bertz CT molecular complexity index is 425. The molecule has 0 saturated carbocycles. The van der Waals surface area contributed by atoms with Crippen molar-refractivity contribution in [3.8, 4) is 0 Å². The van der Waals surface area contributed by atoms with Crippen LogP contribution in [0.5, 0.6) is 0 Å². The second-order valence-electron chi connectivity index (χ2n) is 5.71. The van der Waals surface area contributed by atoms with Gasteiger partial charge in [-0.15, -0.1) is 0 Å². The number of ether oxygens (including phenoxy) is 1. The quantitative estimate of drug-likeness (QED) is 0.840. The number of carbonyl (C=O) groups is 1. The van der Waals surface area contributed by atoms with Gasteiger partial charge >= 0.3 is 0 Å². The van der Waals surface area contributed by atoms with E-state index in [0.29, 0.717) is 19.6 Å². The number of morpholine rings is 1. The van der Waals surface area contributed by atoms with Gasteiger partial charge in [0.2, 0.25) is 5.91 Å². The van der Waals surface area contributed by atoms with Gasteiger partial charge in [0.15, 0.2) is 0 Å². The molecule has 1 aromatic rings. The SMILES string of the molecule is CC1CN(C(=O)CN(C)Cc2ccccc2)CC(C)O1. The van der Waals surface area contributed by atoms with Gasteiger partial charge in [-0.05, 0) is 26.5 Å². The van der Waals surface area contributed by atoms with Crippen LogP contribution in [0.15, 0.2) is 30.3 Å². The van der Waals surface area contributed by atoms with E-state index in [1.54, 1.807) is 0 Å². The first-order valence-electron chi connectivity index (χ1n) is 7.20. The molecule has 2 rings (SSSR count). The van der Waals surface area contributed by atoms with Crippen LogP contribution in [0.2, 0.25) is 0 Å². The van der Waals surface area contributed by atoms with Crippen molar-refractivity contribution < 1.29 is 9.53 Å². The van der Waals surface area contributed by atoms with Gasteiger partial charge < -0.3 is 9.64 Å². The predicted molar refractivity (Wildman–Crippen MR) is 79.4 cm³/mol. The molecule has 1 heterocycles. The van der Waals surface area contributed by atoms with Crippen LogP contribution >= 0.6 is 0 Å². The molecule has 0 bridgehead atoms. The monoisotopic (exact) mass is 276 g/mol. The third-order valence-electron chi connectivity index (χ3n) is 3.47. The lowest BCUT2D eigenvalue weighted by Crippen LogP contribution is -2.50. The third kappa shape index (κ3) is 4.32. The summed E-state index contributed by atoms with van der Waals surface area (Å²) in [5.41, 5.74) is 1.23. The summed E-state index contributed by atoms with van der Waals surface area (Å²) in [7, 11) is 1.98. The average molecular weight is 276 g/mol. The zero-order valence-corrected chi connectivity index (χ0v) is 12.6. The van der Waals surface area contributed by atoms with Crippen molar-refractivity contribution in [1.82, 2.24) is 9.80 Å². The van der Waals surface area contributed by atoms with Gasteiger partial charge in [-0.1, -0.05) is 30.3 Å². The van der Waals surface area contributed by atoms with E-state index in [0.717, 1.165) is 6.54 Å². The Kier molecular flexibility index (Phi) is 5.15. The molecule has 1 aromatic carbocycles. The Labute approximate surface area is 121 Å². The predicted octanol–water partition coefficient (Wildman–Crippen LogP) is 1.75. The average Bonchev–Trinajstić information content (AvgIpc) is 2.38. The van der Waals surface area contributed by atoms with Gasteiger partial charge in [-0.2, -0.15) is 0 Å². The summed E-state index contributed by atoms with van der Waals surface area (Å²) in [4.78, 5) is 16.3. The zero-order chi connectivity index (χ0) is 14.5. The standard InChI is InChI=1S/C16H24N2O2/c1-13-9-18(10-14(2)20-13)16(19)12-17(3)11-15-7-5-4-6-8-15/h4-8,13-14H,9-12H2,1-3H3. The van der Waals surface area contributed by atoms with Crippen molar-refractivity contribution in [1.29, 1.82) is 0 Å². The van der Waals surface area contributed by atoms with Gasteiger partial charge in [0.25, 0.3) is 0 Å². The van der Waals surface area contributed by atoms with E-state index in [4.69, 9.17) is 4.74 Å². The number of rotatable bonds is 4. The summed E-state index contributed by atoms with van der Waals surface area (Å²) in [5, 5.41) is 0.